The van der Waals surface area contributed by atoms with E-state index in [1.165, 1.54) is 30.4 Å². The molecule has 0 aromatic heterocycles. The maximum Gasteiger partial charge on any atom is 0.0936 e. The molecule has 0 saturated carbocycles. The Morgan fingerprint density at radius 1 is 0.414 bits per heavy atom. The number of azo groups is 3. The second-order valence-corrected chi connectivity index (χ2v) is 14.7. The molecule has 0 spiro atoms. The standard InChI is InChI=1S/C51H47N7/c1-4-6-7-14-36-21-23-37(24-22-36)38-25-27-39(28-26-38)53-54-47-31-32-49(43-18-11-10-17-42(43)47)57-58-51-34-33-50(44-19-12-13-20-45(44)51)56-55-48-30-29-46(52-35(3)5-2)40-15-8-9-16-41(40)48/h8-13,15-35,52H,4-7,14H2,1-3H3. The van der Waals surface area contributed by atoms with E-state index in [4.69, 9.17) is 20.5 Å². The molecule has 1 atom stereocenters. The van der Waals surface area contributed by atoms with E-state index in [-0.39, 0.29) is 0 Å². The largest absolute Gasteiger partial charge is 0.382 e. The number of unbranched alkanes of at least 4 members (excludes halogenated alkanes) is 2. The van der Waals surface area contributed by atoms with E-state index < -0.39 is 0 Å². The van der Waals surface area contributed by atoms with Crippen molar-refractivity contribution in [1.82, 2.24) is 0 Å². The van der Waals surface area contributed by atoms with E-state index in [0.717, 1.165) is 90.5 Å². The van der Waals surface area contributed by atoms with Crippen LogP contribution >= 0.6 is 0 Å². The fraction of sp³-hybridized carbons (Fsp3) is 0.176. The molecule has 0 heterocycles. The third-order valence-electron chi connectivity index (χ3n) is 10.7. The quantitative estimate of drug-likeness (QED) is 0.0869. The molecule has 8 aromatic carbocycles. The molecule has 7 heteroatoms. The highest BCUT2D eigenvalue weighted by atomic mass is 15.1. The first-order valence-corrected chi connectivity index (χ1v) is 20.3. The molecule has 0 fully saturated rings. The normalized spacial score (nSPS) is 12.5. The van der Waals surface area contributed by atoms with E-state index in [0.29, 0.717) is 6.04 Å². The van der Waals surface area contributed by atoms with Crippen LogP contribution in [0.15, 0.2) is 188 Å². The Labute approximate surface area is 340 Å². The van der Waals surface area contributed by atoms with Crippen molar-refractivity contribution in [3.05, 3.63) is 163 Å². The molecule has 1 N–H and O–H groups in total. The van der Waals surface area contributed by atoms with Gasteiger partial charge in [0.05, 0.1) is 34.1 Å². The molecule has 0 aliphatic carbocycles. The summed E-state index contributed by atoms with van der Waals surface area (Å²) in [4.78, 5) is 0. The third-order valence-corrected chi connectivity index (χ3v) is 10.7. The van der Waals surface area contributed by atoms with Crippen molar-refractivity contribution >= 4 is 72.1 Å². The summed E-state index contributed by atoms with van der Waals surface area (Å²) in [6.45, 7) is 6.62. The van der Waals surface area contributed by atoms with Gasteiger partial charge in [-0.05, 0) is 91.4 Å². The number of rotatable bonds is 14. The van der Waals surface area contributed by atoms with Crippen molar-refractivity contribution in [2.45, 2.75) is 58.9 Å². The molecule has 1 unspecified atom stereocenters. The summed E-state index contributed by atoms with van der Waals surface area (Å²) in [5.74, 6) is 0. The molecule has 58 heavy (non-hydrogen) atoms. The predicted octanol–water partition coefficient (Wildman–Crippen LogP) is 17.0. The number of anilines is 1. The topological polar surface area (TPSA) is 86.2 Å². The molecule has 8 aromatic rings. The van der Waals surface area contributed by atoms with Crippen LogP contribution in [0.5, 0.6) is 0 Å². The lowest BCUT2D eigenvalue weighted by molar-refractivity contribution is 0.717. The average Bonchev–Trinajstić information content (AvgIpc) is 3.28. The van der Waals surface area contributed by atoms with Gasteiger partial charge < -0.3 is 5.32 Å². The van der Waals surface area contributed by atoms with Gasteiger partial charge in [0.2, 0.25) is 0 Å². The average molecular weight is 758 g/mol. The van der Waals surface area contributed by atoms with Gasteiger partial charge in [-0.25, -0.2) is 0 Å². The van der Waals surface area contributed by atoms with Gasteiger partial charge in [-0.15, -0.1) is 25.6 Å². The van der Waals surface area contributed by atoms with Crippen LogP contribution in [0, 0.1) is 0 Å². The van der Waals surface area contributed by atoms with Gasteiger partial charge in [0, 0.05) is 44.0 Å². The molecule has 8 rings (SSSR count). The van der Waals surface area contributed by atoms with Crippen molar-refractivity contribution in [3.63, 3.8) is 0 Å². The SMILES string of the molecule is CCCCCc1ccc(-c2ccc(N=Nc3ccc(N=Nc4ccc(N=Nc5ccc(NC(C)CC)c6ccccc56)c5ccccc45)c4ccccc34)cc2)cc1. The Bertz CT molecular complexity index is 2770. The Morgan fingerprint density at radius 2 is 0.810 bits per heavy atom. The minimum Gasteiger partial charge on any atom is -0.382 e. The Balaban J connectivity index is 1.01. The Kier molecular flexibility index (Phi) is 11.8. The lowest BCUT2D eigenvalue weighted by Crippen LogP contribution is -2.13. The summed E-state index contributed by atoms with van der Waals surface area (Å²) in [5.41, 5.74) is 9.51. The number of aryl methyl sites for hydroxylation is 1. The molecular weight excluding hydrogens is 711 g/mol. The highest BCUT2D eigenvalue weighted by Crippen LogP contribution is 2.39. The summed E-state index contributed by atoms with van der Waals surface area (Å²) in [7, 11) is 0. The predicted molar refractivity (Wildman–Crippen MR) is 243 cm³/mol. The van der Waals surface area contributed by atoms with Crippen LogP contribution in [0.25, 0.3) is 43.4 Å². The molecule has 7 nitrogen and oxygen atoms in total. The zero-order chi connectivity index (χ0) is 39.7. The summed E-state index contributed by atoms with van der Waals surface area (Å²) in [6, 6.07) is 54.0. The van der Waals surface area contributed by atoms with Crippen LogP contribution in [-0.2, 0) is 6.42 Å². The van der Waals surface area contributed by atoms with Crippen molar-refractivity contribution in [3.8, 4) is 11.1 Å². The maximum absolute atomic E-state index is 4.76. The van der Waals surface area contributed by atoms with Crippen molar-refractivity contribution in [2.24, 2.45) is 30.7 Å². The van der Waals surface area contributed by atoms with E-state index in [2.05, 4.69) is 103 Å². The van der Waals surface area contributed by atoms with Crippen LogP contribution in [0.2, 0.25) is 0 Å². The fourth-order valence-corrected chi connectivity index (χ4v) is 7.24. The monoisotopic (exact) mass is 757 g/mol. The third kappa shape index (κ3) is 8.59. The highest BCUT2D eigenvalue weighted by Gasteiger charge is 2.11. The molecule has 0 radical (unpaired) electrons. The number of hydrogen-bond donors (Lipinski definition) is 1. The lowest BCUT2D eigenvalue weighted by Gasteiger charge is -2.15. The summed E-state index contributed by atoms with van der Waals surface area (Å²) in [5, 5.41) is 37.9. The molecule has 0 aliphatic rings. The Hall–Kier alpha value is -6.86. The summed E-state index contributed by atoms with van der Waals surface area (Å²) >= 11 is 0. The second-order valence-electron chi connectivity index (χ2n) is 14.7. The molecule has 0 amide bonds. The van der Waals surface area contributed by atoms with E-state index in [1.807, 2.05) is 91.0 Å². The first kappa shape index (κ1) is 38.0. The summed E-state index contributed by atoms with van der Waals surface area (Å²) < 4.78 is 0. The zero-order valence-corrected chi connectivity index (χ0v) is 33.3. The second kappa shape index (κ2) is 17.9. The number of fused-ring (bicyclic) bond motifs is 3. The minimum atomic E-state index is 0.372. The van der Waals surface area contributed by atoms with Gasteiger partial charge in [-0.3, -0.25) is 0 Å². The van der Waals surface area contributed by atoms with E-state index in [9.17, 15) is 0 Å². The van der Waals surface area contributed by atoms with Crippen LogP contribution in [0.3, 0.4) is 0 Å². The first-order valence-electron chi connectivity index (χ1n) is 20.3. The first-order chi connectivity index (χ1) is 28.6. The minimum absolute atomic E-state index is 0.372. The van der Waals surface area contributed by atoms with Crippen molar-refractivity contribution in [1.29, 1.82) is 0 Å². The van der Waals surface area contributed by atoms with Gasteiger partial charge in [0.25, 0.3) is 0 Å². The van der Waals surface area contributed by atoms with Gasteiger partial charge >= 0.3 is 0 Å². The van der Waals surface area contributed by atoms with E-state index >= 15 is 0 Å². The van der Waals surface area contributed by atoms with Crippen LogP contribution < -0.4 is 5.32 Å². The van der Waals surface area contributed by atoms with Gasteiger partial charge in [0.1, 0.15) is 0 Å². The molecular formula is C51H47N7. The van der Waals surface area contributed by atoms with Gasteiger partial charge in [-0.2, -0.15) is 5.11 Å². The van der Waals surface area contributed by atoms with Crippen LogP contribution in [0.4, 0.5) is 39.8 Å². The maximum atomic E-state index is 4.76. The van der Waals surface area contributed by atoms with Crippen molar-refractivity contribution < 1.29 is 0 Å². The van der Waals surface area contributed by atoms with Crippen LogP contribution in [0.1, 0.15) is 52.0 Å². The van der Waals surface area contributed by atoms with Crippen molar-refractivity contribution in [2.75, 3.05) is 5.32 Å². The molecule has 0 bridgehead atoms. The molecule has 0 aliphatic heterocycles. The van der Waals surface area contributed by atoms with E-state index in [1.54, 1.807) is 0 Å². The Morgan fingerprint density at radius 3 is 1.26 bits per heavy atom. The smallest absolute Gasteiger partial charge is 0.0936 e. The number of nitrogens with zero attached hydrogens (tertiary/aromatic N) is 6. The number of nitrogens with one attached hydrogen (secondary N) is 1. The number of hydrogen-bond acceptors (Lipinski definition) is 7. The fourth-order valence-electron chi connectivity index (χ4n) is 7.24. The summed E-state index contributed by atoms with van der Waals surface area (Å²) in [6.07, 6.45) is 5.94. The van der Waals surface area contributed by atoms with Gasteiger partial charge in [0.15, 0.2) is 0 Å². The van der Waals surface area contributed by atoms with Gasteiger partial charge in [-0.1, -0.05) is 136 Å². The van der Waals surface area contributed by atoms with Crippen LogP contribution in [-0.4, -0.2) is 6.04 Å². The lowest BCUT2D eigenvalue weighted by atomic mass is 10.0. The number of benzene rings is 8. The zero-order valence-electron chi connectivity index (χ0n) is 33.3. The molecule has 286 valence electrons. The highest BCUT2D eigenvalue weighted by molar-refractivity contribution is 6.02. The molecule has 0 saturated heterocycles.